The summed E-state index contributed by atoms with van der Waals surface area (Å²) in [7, 11) is -3.09. The first kappa shape index (κ1) is 14.5. The average molecular weight is 282 g/mol. The van der Waals surface area contributed by atoms with E-state index in [0.29, 0.717) is 10.8 Å². The lowest BCUT2D eigenvalue weighted by molar-refractivity contribution is 0.242. The Kier molecular flexibility index (Phi) is 4.60. The molecule has 5 heteroatoms. The van der Waals surface area contributed by atoms with Crippen molar-refractivity contribution in [2.45, 2.75) is 18.4 Å². The highest BCUT2D eigenvalue weighted by molar-refractivity contribution is 7.90. The number of hydrogen-bond acceptors (Lipinski definition) is 4. The molecule has 2 rings (SSSR count). The zero-order chi connectivity index (χ0) is 13.9. The molecule has 1 aromatic carbocycles. The molecule has 0 aliphatic carbocycles. The normalized spacial score (nSPS) is 18.0. The van der Waals surface area contributed by atoms with Crippen LogP contribution in [0, 0.1) is 11.8 Å². The van der Waals surface area contributed by atoms with Crippen LogP contribution in [0.25, 0.3) is 0 Å². The Bertz CT molecular complexity index is 507. The lowest BCUT2D eigenvalue weighted by Crippen LogP contribution is -2.47. The summed E-state index contributed by atoms with van der Waals surface area (Å²) in [5.41, 5.74) is 1.12. The molecule has 0 saturated carbocycles. The fraction of sp³-hybridized carbons (Fsp3) is 0.571. The Morgan fingerprint density at radius 1 is 1.32 bits per heavy atom. The van der Waals surface area contributed by atoms with Crippen LogP contribution in [0.4, 0.5) is 0 Å². The number of rotatable bonds is 6. The molecule has 0 bridgehead atoms. The number of nitrogens with one attached hydrogen (secondary N) is 2. The summed E-state index contributed by atoms with van der Waals surface area (Å²) >= 11 is 0. The molecular weight excluding hydrogens is 260 g/mol. The minimum Gasteiger partial charge on any atom is -0.316 e. The number of benzene rings is 1. The van der Waals surface area contributed by atoms with Gasteiger partial charge in [0.05, 0.1) is 4.90 Å². The smallest absolute Gasteiger partial charge is 0.175 e. The quantitative estimate of drug-likeness (QED) is 0.818. The Morgan fingerprint density at radius 2 is 1.95 bits per heavy atom. The van der Waals surface area contributed by atoms with Gasteiger partial charge in [0, 0.05) is 12.8 Å². The second kappa shape index (κ2) is 6.03. The maximum atomic E-state index is 11.3. The molecule has 1 unspecified atom stereocenters. The van der Waals surface area contributed by atoms with Crippen molar-refractivity contribution in [2.75, 3.05) is 25.9 Å². The molecule has 1 atom stereocenters. The first-order valence-electron chi connectivity index (χ1n) is 6.67. The summed E-state index contributed by atoms with van der Waals surface area (Å²) in [6, 6.07) is 7.09. The standard InChI is InChI=1S/C14H22N2O2S/c1-11(13-9-16-10-13)7-15-8-12-3-5-14(6-4-12)19(2,17)18/h3-6,11,13,15-16H,7-10H2,1-2H3. The molecule has 1 saturated heterocycles. The summed E-state index contributed by atoms with van der Waals surface area (Å²) in [5.74, 6) is 1.47. The Balaban J connectivity index is 1.80. The summed E-state index contributed by atoms with van der Waals surface area (Å²) in [6.07, 6.45) is 1.23. The van der Waals surface area contributed by atoms with Gasteiger partial charge in [0.1, 0.15) is 0 Å². The molecule has 1 aliphatic heterocycles. The Morgan fingerprint density at radius 3 is 2.42 bits per heavy atom. The van der Waals surface area contributed by atoms with Crippen LogP contribution in [0.15, 0.2) is 29.2 Å². The van der Waals surface area contributed by atoms with Crippen molar-refractivity contribution < 1.29 is 8.42 Å². The average Bonchev–Trinajstić information content (AvgIpc) is 2.26. The van der Waals surface area contributed by atoms with E-state index in [1.165, 1.54) is 6.26 Å². The van der Waals surface area contributed by atoms with Gasteiger partial charge in [-0.05, 0) is 49.2 Å². The highest BCUT2D eigenvalue weighted by Crippen LogP contribution is 2.15. The lowest BCUT2D eigenvalue weighted by atomic mass is 9.89. The lowest BCUT2D eigenvalue weighted by Gasteiger charge is -2.32. The Hall–Kier alpha value is -0.910. The van der Waals surface area contributed by atoms with Gasteiger partial charge >= 0.3 is 0 Å². The van der Waals surface area contributed by atoms with Gasteiger partial charge in [0.15, 0.2) is 9.84 Å². The van der Waals surface area contributed by atoms with E-state index in [1.807, 2.05) is 12.1 Å². The first-order chi connectivity index (χ1) is 8.97. The van der Waals surface area contributed by atoms with Gasteiger partial charge in [0.2, 0.25) is 0 Å². The van der Waals surface area contributed by atoms with Crippen LogP contribution in [0.2, 0.25) is 0 Å². The van der Waals surface area contributed by atoms with Gasteiger partial charge in [-0.25, -0.2) is 8.42 Å². The molecule has 0 amide bonds. The third-order valence-corrected chi connectivity index (χ3v) is 4.89. The van der Waals surface area contributed by atoms with Crippen LogP contribution in [0.1, 0.15) is 12.5 Å². The van der Waals surface area contributed by atoms with Crippen molar-refractivity contribution in [3.05, 3.63) is 29.8 Å². The SMILES string of the molecule is CC(CNCc1ccc(S(C)(=O)=O)cc1)C1CNC1. The van der Waals surface area contributed by atoms with Crippen molar-refractivity contribution in [3.63, 3.8) is 0 Å². The van der Waals surface area contributed by atoms with Crippen molar-refractivity contribution >= 4 is 9.84 Å². The van der Waals surface area contributed by atoms with Crippen molar-refractivity contribution in [1.82, 2.24) is 10.6 Å². The van der Waals surface area contributed by atoms with Gasteiger partial charge in [-0.1, -0.05) is 19.1 Å². The van der Waals surface area contributed by atoms with E-state index < -0.39 is 9.84 Å². The van der Waals surface area contributed by atoms with Crippen LogP contribution < -0.4 is 10.6 Å². The van der Waals surface area contributed by atoms with E-state index in [1.54, 1.807) is 12.1 Å². The maximum Gasteiger partial charge on any atom is 0.175 e. The fourth-order valence-corrected chi connectivity index (χ4v) is 2.81. The third kappa shape index (κ3) is 4.03. The second-order valence-electron chi connectivity index (χ2n) is 5.44. The summed E-state index contributed by atoms with van der Waals surface area (Å²) in [5, 5.41) is 6.72. The van der Waals surface area contributed by atoms with Crippen LogP contribution in [-0.2, 0) is 16.4 Å². The predicted octanol–water partition coefficient (Wildman–Crippen LogP) is 1.04. The summed E-state index contributed by atoms with van der Waals surface area (Å²) in [4.78, 5) is 0.380. The molecule has 1 aliphatic rings. The molecule has 4 nitrogen and oxygen atoms in total. The molecule has 1 aromatic rings. The fourth-order valence-electron chi connectivity index (χ4n) is 2.18. The van der Waals surface area contributed by atoms with Crippen LogP contribution >= 0.6 is 0 Å². The minimum absolute atomic E-state index is 0.380. The topological polar surface area (TPSA) is 58.2 Å². The first-order valence-corrected chi connectivity index (χ1v) is 8.56. The largest absolute Gasteiger partial charge is 0.316 e. The van der Waals surface area contributed by atoms with Gasteiger partial charge in [-0.2, -0.15) is 0 Å². The highest BCUT2D eigenvalue weighted by Gasteiger charge is 2.22. The monoisotopic (exact) mass is 282 g/mol. The van der Waals surface area contributed by atoms with Gasteiger partial charge in [0.25, 0.3) is 0 Å². The zero-order valence-electron chi connectivity index (χ0n) is 11.5. The van der Waals surface area contributed by atoms with Crippen molar-refractivity contribution in [2.24, 2.45) is 11.8 Å². The minimum atomic E-state index is -3.09. The van der Waals surface area contributed by atoms with Gasteiger partial charge < -0.3 is 10.6 Å². The van der Waals surface area contributed by atoms with Crippen molar-refractivity contribution in [3.8, 4) is 0 Å². The molecule has 1 heterocycles. The summed E-state index contributed by atoms with van der Waals surface area (Å²) in [6.45, 7) is 6.32. The number of sulfone groups is 1. The maximum absolute atomic E-state index is 11.3. The third-order valence-electron chi connectivity index (χ3n) is 3.76. The molecule has 106 valence electrons. The summed E-state index contributed by atoms with van der Waals surface area (Å²) < 4.78 is 22.7. The van der Waals surface area contributed by atoms with E-state index in [9.17, 15) is 8.42 Å². The van der Waals surface area contributed by atoms with E-state index in [0.717, 1.165) is 37.7 Å². The van der Waals surface area contributed by atoms with E-state index in [-0.39, 0.29) is 0 Å². The van der Waals surface area contributed by atoms with Crippen LogP contribution in [0.5, 0.6) is 0 Å². The van der Waals surface area contributed by atoms with E-state index in [4.69, 9.17) is 0 Å². The van der Waals surface area contributed by atoms with E-state index in [2.05, 4.69) is 17.6 Å². The molecule has 0 radical (unpaired) electrons. The van der Waals surface area contributed by atoms with Crippen LogP contribution in [-0.4, -0.2) is 34.3 Å². The van der Waals surface area contributed by atoms with Crippen molar-refractivity contribution in [1.29, 1.82) is 0 Å². The van der Waals surface area contributed by atoms with Gasteiger partial charge in [-0.15, -0.1) is 0 Å². The van der Waals surface area contributed by atoms with Gasteiger partial charge in [-0.3, -0.25) is 0 Å². The molecule has 0 spiro atoms. The predicted molar refractivity (Wildman–Crippen MR) is 76.8 cm³/mol. The molecular formula is C14H22N2O2S. The number of hydrogen-bond donors (Lipinski definition) is 2. The molecule has 2 N–H and O–H groups in total. The molecule has 1 fully saturated rings. The molecule has 0 aromatic heterocycles. The Labute approximate surface area is 115 Å². The zero-order valence-corrected chi connectivity index (χ0v) is 12.3. The highest BCUT2D eigenvalue weighted by atomic mass is 32.2. The van der Waals surface area contributed by atoms with E-state index >= 15 is 0 Å². The molecule has 19 heavy (non-hydrogen) atoms. The van der Waals surface area contributed by atoms with Crippen LogP contribution in [0.3, 0.4) is 0 Å². The second-order valence-corrected chi connectivity index (χ2v) is 7.46.